The summed E-state index contributed by atoms with van der Waals surface area (Å²) in [5, 5.41) is 19.3. The van der Waals surface area contributed by atoms with Crippen LogP contribution in [-0.2, 0) is 6.42 Å². The van der Waals surface area contributed by atoms with E-state index in [1.54, 1.807) is 30.3 Å². The third-order valence-corrected chi connectivity index (χ3v) is 3.78. The zero-order valence-electron chi connectivity index (χ0n) is 11.1. The summed E-state index contributed by atoms with van der Waals surface area (Å²) in [6.45, 7) is 0. The van der Waals surface area contributed by atoms with Crippen LogP contribution in [0.25, 0.3) is 11.1 Å². The van der Waals surface area contributed by atoms with Crippen LogP contribution in [0, 0.1) is 0 Å². The lowest BCUT2D eigenvalue weighted by Gasteiger charge is -2.12. The predicted octanol–water partition coefficient (Wildman–Crippen LogP) is 3.67. The number of aryl methyl sites for hydroxylation is 1. The first-order chi connectivity index (χ1) is 9.65. The highest BCUT2D eigenvalue weighted by atomic mass is 16.3. The molecule has 2 aromatic rings. The molecule has 0 aliphatic heterocycles. The Balaban J connectivity index is 2.26. The van der Waals surface area contributed by atoms with Crippen molar-refractivity contribution < 1.29 is 15.0 Å². The van der Waals surface area contributed by atoms with Crippen LogP contribution >= 0.6 is 0 Å². The monoisotopic (exact) mass is 268 g/mol. The Kier molecular flexibility index (Phi) is 3.18. The van der Waals surface area contributed by atoms with Gasteiger partial charge in [0.15, 0.2) is 5.78 Å². The Bertz CT molecular complexity index is 674. The molecule has 2 N–H and O–H groups in total. The molecule has 0 unspecified atom stereocenters. The van der Waals surface area contributed by atoms with E-state index in [0.29, 0.717) is 12.0 Å². The van der Waals surface area contributed by atoms with Crippen LogP contribution in [0.3, 0.4) is 0 Å². The van der Waals surface area contributed by atoms with E-state index in [4.69, 9.17) is 0 Å². The van der Waals surface area contributed by atoms with Crippen molar-refractivity contribution in [2.45, 2.75) is 25.7 Å². The molecule has 3 nitrogen and oxygen atoms in total. The first-order valence-electron chi connectivity index (χ1n) is 6.83. The third kappa shape index (κ3) is 2.27. The molecular weight excluding hydrogens is 252 g/mol. The SMILES string of the molecule is O=C1CCCCc2cc(O)ccc2-c2ccc(O)cc21. The molecule has 0 heterocycles. The molecule has 2 aromatic carbocycles. The van der Waals surface area contributed by atoms with Crippen LogP contribution in [0.15, 0.2) is 36.4 Å². The van der Waals surface area contributed by atoms with Crippen molar-refractivity contribution in [3.05, 3.63) is 47.5 Å². The van der Waals surface area contributed by atoms with E-state index in [1.807, 2.05) is 6.07 Å². The van der Waals surface area contributed by atoms with E-state index in [1.165, 1.54) is 0 Å². The molecule has 3 rings (SSSR count). The molecule has 0 saturated heterocycles. The minimum atomic E-state index is 0.0665. The van der Waals surface area contributed by atoms with Gasteiger partial charge in [-0.2, -0.15) is 0 Å². The molecule has 0 fully saturated rings. The summed E-state index contributed by atoms with van der Waals surface area (Å²) in [7, 11) is 0. The minimum absolute atomic E-state index is 0.0665. The fourth-order valence-electron chi connectivity index (χ4n) is 2.78. The van der Waals surface area contributed by atoms with Gasteiger partial charge >= 0.3 is 0 Å². The van der Waals surface area contributed by atoms with Crippen molar-refractivity contribution in [2.24, 2.45) is 0 Å². The average Bonchev–Trinajstić information content (AvgIpc) is 2.49. The number of fused-ring (bicyclic) bond motifs is 3. The number of rotatable bonds is 0. The molecule has 0 saturated carbocycles. The number of hydrogen-bond acceptors (Lipinski definition) is 3. The summed E-state index contributed by atoms with van der Waals surface area (Å²) in [6, 6.07) is 10.2. The zero-order chi connectivity index (χ0) is 14.1. The number of benzene rings is 2. The van der Waals surface area contributed by atoms with E-state index < -0.39 is 0 Å². The normalized spacial score (nSPS) is 14.7. The number of ketones is 1. The topological polar surface area (TPSA) is 57.5 Å². The minimum Gasteiger partial charge on any atom is -0.508 e. The van der Waals surface area contributed by atoms with Gasteiger partial charge in [-0.3, -0.25) is 4.79 Å². The largest absolute Gasteiger partial charge is 0.508 e. The Labute approximate surface area is 117 Å². The van der Waals surface area contributed by atoms with Crippen molar-refractivity contribution in [1.29, 1.82) is 0 Å². The zero-order valence-corrected chi connectivity index (χ0v) is 11.1. The second kappa shape index (κ2) is 5.00. The summed E-state index contributed by atoms with van der Waals surface area (Å²) in [4.78, 5) is 12.3. The maximum Gasteiger partial charge on any atom is 0.163 e. The lowest BCUT2D eigenvalue weighted by molar-refractivity contribution is 0.0980. The number of phenols is 2. The molecule has 1 aliphatic carbocycles. The van der Waals surface area contributed by atoms with E-state index >= 15 is 0 Å². The van der Waals surface area contributed by atoms with Gasteiger partial charge in [0, 0.05) is 12.0 Å². The standard InChI is InChI=1S/C17H16O3/c18-12-5-7-14-11(9-12)3-1-2-4-17(20)16-10-13(19)6-8-15(14)16/h5-10,18-19H,1-4H2. The maximum atomic E-state index is 12.3. The van der Waals surface area contributed by atoms with Crippen molar-refractivity contribution >= 4 is 5.78 Å². The molecule has 102 valence electrons. The molecule has 0 aromatic heterocycles. The number of hydrogen-bond donors (Lipinski definition) is 2. The lowest BCUT2D eigenvalue weighted by Crippen LogP contribution is -2.00. The summed E-state index contributed by atoms with van der Waals surface area (Å²) >= 11 is 0. The first kappa shape index (κ1) is 12.7. The van der Waals surface area contributed by atoms with E-state index in [-0.39, 0.29) is 17.3 Å². The Morgan fingerprint density at radius 2 is 1.40 bits per heavy atom. The Morgan fingerprint density at radius 1 is 0.750 bits per heavy atom. The van der Waals surface area contributed by atoms with Gasteiger partial charge in [-0.1, -0.05) is 6.07 Å². The molecule has 0 spiro atoms. The van der Waals surface area contributed by atoms with E-state index in [0.717, 1.165) is 36.0 Å². The van der Waals surface area contributed by atoms with Gasteiger partial charge in [0.05, 0.1) is 0 Å². The molecule has 0 radical (unpaired) electrons. The first-order valence-corrected chi connectivity index (χ1v) is 6.83. The van der Waals surface area contributed by atoms with Crippen molar-refractivity contribution in [1.82, 2.24) is 0 Å². The highest BCUT2D eigenvalue weighted by Gasteiger charge is 2.18. The van der Waals surface area contributed by atoms with Crippen LogP contribution in [0.5, 0.6) is 11.5 Å². The van der Waals surface area contributed by atoms with Crippen molar-refractivity contribution in [3.63, 3.8) is 0 Å². The van der Waals surface area contributed by atoms with Gasteiger partial charge in [0.25, 0.3) is 0 Å². The fourth-order valence-corrected chi connectivity index (χ4v) is 2.78. The number of carbonyl (C=O) groups is 1. The van der Waals surface area contributed by atoms with E-state index in [9.17, 15) is 15.0 Å². The molecule has 0 bridgehead atoms. The lowest BCUT2D eigenvalue weighted by atomic mass is 9.92. The van der Waals surface area contributed by atoms with Crippen molar-refractivity contribution in [3.8, 4) is 22.6 Å². The number of carbonyl (C=O) groups excluding carboxylic acids is 1. The van der Waals surface area contributed by atoms with Crippen LogP contribution in [0.4, 0.5) is 0 Å². The van der Waals surface area contributed by atoms with E-state index in [2.05, 4.69) is 0 Å². The Morgan fingerprint density at radius 3 is 2.20 bits per heavy atom. The molecule has 1 aliphatic rings. The highest BCUT2D eigenvalue weighted by Crippen LogP contribution is 2.34. The summed E-state index contributed by atoms with van der Waals surface area (Å²) < 4.78 is 0. The van der Waals surface area contributed by atoms with Gasteiger partial charge in [0.2, 0.25) is 0 Å². The number of Topliss-reactive ketones (excluding diaryl/α,β-unsaturated/α-hetero) is 1. The maximum absolute atomic E-state index is 12.3. The second-order valence-electron chi connectivity index (χ2n) is 5.20. The van der Waals surface area contributed by atoms with Crippen LogP contribution in [0.1, 0.15) is 35.2 Å². The van der Waals surface area contributed by atoms with Crippen molar-refractivity contribution in [2.75, 3.05) is 0 Å². The van der Waals surface area contributed by atoms with Crippen LogP contribution in [-0.4, -0.2) is 16.0 Å². The van der Waals surface area contributed by atoms with Gasteiger partial charge in [-0.15, -0.1) is 0 Å². The van der Waals surface area contributed by atoms with Gasteiger partial charge in [-0.05, 0) is 66.3 Å². The average molecular weight is 268 g/mol. The second-order valence-corrected chi connectivity index (χ2v) is 5.20. The Hall–Kier alpha value is -2.29. The molecule has 3 heteroatoms. The summed E-state index contributed by atoms with van der Waals surface area (Å²) in [6.07, 6.45) is 3.08. The predicted molar refractivity (Wildman–Crippen MR) is 77.1 cm³/mol. The third-order valence-electron chi connectivity index (χ3n) is 3.78. The quantitative estimate of drug-likeness (QED) is 0.766. The van der Waals surface area contributed by atoms with Gasteiger partial charge < -0.3 is 10.2 Å². The summed E-state index contributed by atoms with van der Waals surface area (Å²) in [5.74, 6) is 0.420. The van der Waals surface area contributed by atoms with Gasteiger partial charge in [-0.25, -0.2) is 0 Å². The number of aromatic hydroxyl groups is 2. The highest BCUT2D eigenvalue weighted by molar-refractivity contribution is 6.03. The molecular formula is C17H16O3. The fraction of sp³-hybridized carbons (Fsp3) is 0.235. The molecule has 0 atom stereocenters. The smallest absolute Gasteiger partial charge is 0.163 e. The van der Waals surface area contributed by atoms with Crippen LogP contribution < -0.4 is 0 Å². The summed E-state index contributed by atoms with van der Waals surface area (Å²) in [5.41, 5.74) is 3.42. The molecule has 20 heavy (non-hydrogen) atoms. The molecule has 0 amide bonds. The number of phenolic OH excluding ortho intramolecular Hbond substituents is 2. The van der Waals surface area contributed by atoms with Crippen LogP contribution in [0.2, 0.25) is 0 Å². The van der Waals surface area contributed by atoms with Gasteiger partial charge in [0.1, 0.15) is 11.5 Å².